The third-order valence-corrected chi connectivity index (χ3v) is 26.8. The van der Waals surface area contributed by atoms with E-state index in [0.717, 1.165) is 94.6 Å². The van der Waals surface area contributed by atoms with Crippen molar-refractivity contribution in [1.29, 1.82) is 0 Å². The van der Waals surface area contributed by atoms with Gasteiger partial charge in [0.2, 0.25) is 17.7 Å². The number of piperazine rings is 3. The van der Waals surface area contributed by atoms with Crippen molar-refractivity contribution in [2.24, 2.45) is 0 Å². The predicted molar refractivity (Wildman–Crippen MR) is 547 cm³/mol. The maximum absolute atomic E-state index is 15.0. The SMILES string of the molecule is C=CC(=O)N1CC(C)N(c2nc(=O)n(-c3c(C)cc(CC)nc3C(C)C)c3nc(-c4ccccc4F)c(Cl)cc23)CC1C.C=CC(=O)N1CC(C)N(c2nc(=O)n(-c3c(N(CC)CC)ccnc3C(C)C)c3nc(-c4ccccc4C(C)C)c(Cl)cc23)CC1C.C=CC(=O)N1CC(C)N(c2nc(=O)n(-c3c(N(CC)CC)ccnc3C(C)C)c3nc(-c4ccccc4C)c(Cl)cc23)CC1C. The number of carbonyl (C=O) groups excluding carboxylic acids is 3. The van der Waals surface area contributed by atoms with Gasteiger partial charge in [0.1, 0.15) is 23.3 Å². The fourth-order valence-corrected chi connectivity index (χ4v) is 19.6. The van der Waals surface area contributed by atoms with Gasteiger partial charge >= 0.3 is 17.1 Å². The molecule has 30 heteroatoms. The van der Waals surface area contributed by atoms with Crippen LogP contribution in [0, 0.1) is 19.7 Å². The van der Waals surface area contributed by atoms with E-state index in [9.17, 15) is 28.8 Å². The Balaban J connectivity index is 0.000000172. The number of aromatic nitrogens is 12. The molecule has 3 fully saturated rings. The zero-order valence-electron chi connectivity index (χ0n) is 81.4. The van der Waals surface area contributed by atoms with Crippen LogP contribution in [0.4, 0.5) is 33.2 Å². The second-order valence-electron chi connectivity index (χ2n) is 36.4. The van der Waals surface area contributed by atoms with Gasteiger partial charge in [0.05, 0.1) is 93.8 Å². The number of fused-ring (bicyclic) bond motifs is 3. The summed E-state index contributed by atoms with van der Waals surface area (Å²) in [6, 6.07) is 32.9. The Bertz CT molecular complexity index is 6750. The molecular weight excluding hydrogens is 1760 g/mol. The maximum Gasteiger partial charge on any atom is 0.355 e. The van der Waals surface area contributed by atoms with Crippen LogP contribution in [0.1, 0.15) is 195 Å². The Kier molecular flexibility index (Phi) is 31.2. The van der Waals surface area contributed by atoms with Gasteiger partial charge < -0.3 is 39.2 Å². The number of halogens is 4. The largest absolute Gasteiger partial charge is 0.370 e. The smallest absolute Gasteiger partial charge is 0.355 e. The fraction of sp³-hybridized carbons (Fsp3) is 0.400. The zero-order chi connectivity index (χ0) is 97.9. The number of nitrogens with zero attached hydrogens (tertiary/aromatic N) is 20. The lowest BCUT2D eigenvalue weighted by atomic mass is 9.95. The van der Waals surface area contributed by atoms with E-state index in [2.05, 4.69) is 120 Å². The molecule has 9 aromatic heterocycles. The lowest BCUT2D eigenvalue weighted by Crippen LogP contribution is -2.58. The lowest BCUT2D eigenvalue weighted by molar-refractivity contribution is -0.129. The van der Waals surface area contributed by atoms with Crippen molar-refractivity contribution in [3.63, 3.8) is 0 Å². The average Bonchev–Trinajstić information content (AvgIpc) is 0.734. The minimum absolute atomic E-state index is 0.00323. The highest BCUT2D eigenvalue weighted by molar-refractivity contribution is 6.35. The van der Waals surface area contributed by atoms with E-state index in [-0.39, 0.29) is 93.9 Å². The third kappa shape index (κ3) is 19.7. The maximum atomic E-state index is 15.0. The summed E-state index contributed by atoms with van der Waals surface area (Å²) in [5, 5.41) is 3.02. The number of hydrogen-bond acceptors (Lipinski definition) is 20. The first-order valence-corrected chi connectivity index (χ1v) is 47.9. The molecule has 3 aliphatic rings. The van der Waals surface area contributed by atoms with Gasteiger partial charge in [-0.05, 0) is 197 Å². The Morgan fingerprint density at radius 2 is 0.756 bits per heavy atom. The monoisotopic (exact) mass is 1880 g/mol. The van der Waals surface area contributed by atoms with Crippen LogP contribution in [0.2, 0.25) is 15.1 Å². The van der Waals surface area contributed by atoms with E-state index in [4.69, 9.17) is 74.7 Å². The van der Waals surface area contributed by atoms with Crippen molar-refractivity contribution in [1.82, 2.24) is 73.3 Å². The Morgan fingerprint density at radius 3 is 1.10 bits per heavy atom. The van der Waals surface area contributed by atoms with Crippen LogP contribution in [0.15, 0.2) is 174 Å². The van der Waals surface area contributed by atoms with Crippen molar-refractivity contribution in [2.45, 2.75) is 212 Å². The van der Waals surface area contributed by atoms with Crippen LogP contribution in [-0.2, 0) is 20.8 Å². The quantitative estimate of drug-likeness (QED) is 0.0539. The van der Waals surface area contributed by atoms with Gasteiger partial charge in [0.25, 0.3) is 0 Å². The number of anilines is 5. The van der Waals surface area contributed by atoms with Gasteiger partial charge in [-0.15, -0.1) is 0 Å². The van der Waals surface area contributed by atoms with Crippen LogP contribution >= 0.6 is 34.8 Å². The first-order valence-electron chi connectivity index (χ1n) is 46.8. The molecule has 0 N–H and O–H groups in total. The molecule has 0 saturated carbocycles. The van der Waals surface area contributed by atoms with Crippen LogP contribution in [0.3, 0.4) is 0 Å². The van der Waals surface area contributed by atoms with E-state index >= 15 is 4.39 Å². The summed E-state index contributed by atoms with van der Waals surface area (Å²) in [6.45, 7) is 59.8. The first-order chi connectivity index (χ1) is 64.4. The third-order valence-electron chi connectivity index (χ3n) is 25.9. The predicted octanol–water partition coefficient (Wildman–Crippen LogP) is 19.8. The number of benzene rings is 3. The molecule has 26 nitrogen and oxygen atoms in total. The zero-order valence-corrected chi connectivity index (χ0v) is 83.6. The van der Waals surface area contributed by atoms with Gasteiger partial charge in [0.15, 0.2) is 16.9 Å². The van der Waals surface area contributed by atoms with Crippen molar-refractivity contribution < 1.29 is 18.8 Å². The summed E-state index contributed by atoms with van der Waals surface area (Å²) in [7, 11) is 0. The highest BCUT2D eigenvalue weighted by Gasteiger charge is 2.40. The summed E-state index contributed by atoms with van der Waals surface area (Å²) >= 11 is 21.0. The van der Waals surface area contributed by atoms with Crippen LogP contribution in [-0.4, -0.2) is 193 Å². The molecule has 3 aliphatic heterocycles. The van der Waals surface area contributed by atoms with Gasteiger partial charge in [-0.25, -0.2) is 47.4 Å². The number of pyridine rings is 6. The number of hydrogen-bond donors (Lipinski definition) is 0. The standard InChI is InChI=1S/C37H46ClN7O2.C35H42ClN7O2.C33H36ClFN6O2/c1-10-31(46)43-20-25(9)44(21-24(43)8)35-28-19-29(38)33(27-16-14-13-15-26(27)22(4)5)40-36(28)45(37(47)41-35)34-30(42(11-2)12-3)17-18-39-32(34)23(6)7;1-9-29(44)41-19-24(8)42(20-23(41)7)33-26-18-27(36)31(25-15-13-12-14-22(25)6)38-34(26)43(35(45)39-33)32-28(40(10-2)11-3)16-17-37-30(32)21(4)5;1-8-22-14-19(5)30(28(36-22)18(3)4)41-32-24(15-25(34)29(37-32)23-12-10-11-13-26(23)35)31(38-33(41)43)40-17-20(6)39(16-21(40)7)27(42)9-2/h10,13-19,22-25H,1,11-12,20-21H2,2-9H3;9,12-18,21,23-24H,1,10-11,19-20H2,2-8H3;9-15,18,20-21H,2,8,16-17H2,1,3-7H3. The van der Waals surface area contributed by atoms with Crippen molar-refractivity contribution in [2.75, 3.05) is 89.9 Å². The molecular formula is C105H124Cl3FN20O6. The van der Waals surface area contributed by atoms with Crippen LogP contribution in [0.25, 0.3) is 83.9 Å². The van der Waals surface area contributed by atoms with E-state index in [1.54, 1.807) is 49.4 Å². The van der Waals surface area contributed by atoms with E-state index < -0.39 is 22.9 Å². The highest BCUT2D eigenvalue weighted by Crippen LogP contribution is 2.44. The number of carbonyl (C=O) groups is 3. The number of amides is 3. The van der Waals surface area contributed by atoms with Crippen molar-refractivity contribution in [3.05, 3.63) is 251 Å². The number of rotatable bonds is 23. The summed E-state index contributed by atoms with van der Waals surface area (Å²) in [5.74, 6) is 0.840. The fourth-order valence-electron chi connectivity index (χ4n) is 18.9. The molecule has 0 spiro atoms. The molecule has 0 radical (unpaired) electrons. The second kappa shape index (κ2) is 42.1. The lowest BCUT2D eigenvalue weighted by Gasteiger charge is -2.44. The molecule has 12 heterocycles. The van der Waals surface area contributed by atoms with Crippen LogP contribution < -0.4 is 41.6 Å². The average molecular weight is 1890 g/mol. The number of aryl methyl sites for hydroxylation is 3. The Morgan fingerprint density at radius 1 is 0.415 bits per heavy atom. The van der Waals surface area contributed by atoms with Crippen molar-refractivity contribution in [3.8, 4) is 50.8 Å². The minimum Gasteiger partial charge on any atom is -0.370 e. The molecule has 0 bridgehead atoms. The molecule has 6 atom stereocenters. The van der Waals surface area contributed by atoms with Gasteiger partial charge in [-0.3, -0.25) is 29.3 Å². The molecule has 0 aliphatic carbocycles. The highest BCUT2D eigenvalue weighted by atomic mass is 35.5. The van der Waals surface area contributed by atoms with Gasteiger partial charge in [-0.2, -0.15) is 15.0 Å². The molecule has 15 rings (SSSR count). The normalized spacial score (nSPS) is 16.9. The second-order valence-corrected chi connectivity index (χ2v) is 37.6. The van der Waals surface area contributed by atoms with Crippen molar-refractivity contribution >= 4 is 114 Å². The molecule has 6 unspecified atom stereocenters. The van der Waals surface area contributed by atoms with Gasteiger partial charge in [-0.1, -0.05) is 178 Å². The van der Waals surface area contributed by atoms with E-state index in [0.29, 0.717) is 128 Å². The summed E-state index contributed by atoms with van der Waals surface area (Å²) in [5.41, 5.74) is 13.2. The Hall–Kier alpha value is -12.6. The summed E-state index contributed by atoms with van der Waals surface area (Å²) in [4.78, 5) is 141. The molecule has 708 valence electrons. The topological polar surface area (TPSA) is 259 Å². The van der Waals surface area contributed by atoms with Crippen LogP contribution in [0.5, 0.6) is 0 Å². The molecule has 12 aromatic rings. The van der Waals surface area contributed by atoms with E-state index in [1.807, 2.05) is 165 Å². The Labute approximate surface area is 805 Å². The molecule has 3 amide bonds. The first kappa shape index (κ1) is 99.9. The summed E-state index contributed by atoms with van der Waals surface area (Å²) in [6.07, 6.45) is 8.37. The summed E-state index contributed by atoms with van der Waals surface area (Å²) < 4.78 is 19.8. The molecule has 135 heavy (non-hydrogen) atoms. The minimum atomic E-state index is -0.530. The molecule has 3 aromatic carbocycles. The van der Waals surface area contributed by atoms with Gasteiger partial charge in [0, 0.05) is 136 Å². The molecule has 3 saturated heterocycles. The van der Waals surface area contributed by atoms with E-state index in [1.165, 1.54) is 28.9 Å².